The number of carbonyl (C=O) groups is 2. The number of aliphatic carboxylic acids is 1. The maximum Gasteiger partial charge on any atom is 0.310 e. The van der Waals surface area contributed by atoms with Gasteiger partial charge in [0, 0.05) is 11.5 Å². The number of carbonyl (C=O) groups excluding carboxylic acids is 1. The van der Waals surface area contributed by atoms with E-state index in [2.05, 4.69) is 4.74 Å². The Labute approximate surface area is 74.3 Å². The monoisotopic (exact) mass is 190 g/mol. The molecular weight excluding hydrogens is 180 g/mol. The van der Waals surface area contributed by atoms with E-state index >= 15 is 0 Å². The van der Waals surface area contributed by atoms with Gasteiger partial charge in [-0.15, -0.1) is 0 Å². The van der Waals surface area contributed by atoms with Gasteiger partial charge in [0.1, 0.15) is 0 Å². The summed E-state index contributed by atoms with van der Waals surface area (Å²) in [5.74, 6) is -1.28. The molecule has 1 saturated heterocycles. The average molecular weight is 190 g/mol. The van der Waals surface area contributed by atoms with Crippen molar-refractivity contribution < 1.29 is 19.4 Å². The van der Waals surface area contributed by atoms with E-state index in [1.807, 2.05) is 0 Å². The smallest absolute Gasteiger partial charge is 0.310 e. The van der Waals surface area contributed by atoms with E-state index in [1.165, 1.54) is 18.9 Å². The van der Waals surface area contributed by atoms with Gasteiger partial charge in [0.15, 0.2) is 0 Å². The minimum atomic E-state index is -0.907. The fourth-order valence-electron chi connectivity index (χ4n) is 1.18. The lowest BCUT2D eigenvalue weighted by atomic mass is 9.97. The van der Waals surface area contributed by atoms with Crippen molar-refractivity contribution >= 4 is 23.7 Å². The van der Waals surface area contributed by atoms with Crippen LogP contribution in [-0.4, -0.2) is 35.7 Å². The molecule has 0 aromatic rings. The molecule has 2 atom stereocenters. The third kappa shape index (κ3) is 1.72. The number of carboxylic acid groups (broad SMARTS) is 1. The molecule has 0 saturated carbocycles. The quantitative estimate of drug-likeness (QED) is 0.631. The van der Waals surface area contributed by atoms with Crippen LogP contribution in [0, 0.1) is 11.8 Å². The van der Waals surface area contributed by atoms with Crippen LogP contribution in [0.15, 0.2) is 0 Å². The predicted octanol–water partition coefficient (Wildman–Crippen LogP) is 0.223. The molecule has 1 heterocycles. The van der Waals surface area contributed by atoms with Crippen LogP contribution in [0.3, 0.4) is 0 Å². The number of thioether (sulfide) groups is 1. The summed E-state index contributed by atoms with van der Waals surface area (Å²) in [6.45, 7) is 0. The van der Waals surface area contributed by atoms with Crippen LogP contribution in [0.4, 0.5) is 0 Å². The molecule has 12 heavy (non-hydrogen) atoms. The largest absolute Gasteiger partial charge is 0.481 e. The Kier molecular flexibility index (Phi) is 2.97. The highest BCUT2D eigenvalue weighted by Gasteiger charge is 2.38. The molecule has 1 aliphatic heterocycles. The van der Waals surface area contributed by atoms with Crippen LogP contribution < -0.4 is 0 Å². The lowest BCUT2D eigenvalue weighted by molar-refractivity contribution is -0.153. The van der Waals surface area contributed by atoms with Gasteiger partial charge >= 0.3 is 11.9 Å². The van der Waals surface area contributed by atoms with Crippen molar-refractivity contribution in [2.24, 2.45) is 11.8 Å². The van der Waals surface area contributed by atoms with Gasteiger partial charge in [-0.05, 0) is 0 Å². The zero-order valence-electron chi connectivity index (χ0n) is 6.65. The summed E-state index contributed by atoms with van der Waals surface area (Å²) in [6.07, 6.45) is 0. The second-order valence-corrected chi connectivity index (χ2v) is 3.69. The summed E-state index contributed by atoms with van der Waals surface area (Å²) in [5.41, 5.74) is 0. The molecule has 1 rings (SSSR count). The first-order valence-corrected chi connectivity index (χ1v) is 4.70. The van der Waals surface area contributed by atoms with Gasteiger partial charge in [-0.25, -0.2) is 0 Å². The van der Waals surface area contributed by atoms with Gasteiger partial charge in [0.2, 0.25) is 0 Å². The van der Waals surface area contributed by atoms with Crippen molar-refractivity contribution in [2.75, 3.05) is 18.6 Å². The highest BCUT2D eigenvalue weighted by Crippen LogP contribution is 2.30. The van der Waals surface area contributed by atoms with Crippen molar-refractivity contribution in [3.63, 3.8) is 0 Å². The van der Waals surface area contributed by atoms with Gasteiger partial charge in [-0.3, -0.25) is 9.59 Å². The van der Waals surface area contributed by atoms with Gasteiger partial charge in [0.05, 0.1) is 18.9 Å². The first-order chi connectivity index (χ1) is 5.66. The molecule has 4 nitrogen and oxygen atoms in total. The Morgan fingerprint density at radius 1 is 1.42 bits per heavy atom. The Hall–Kier alpha value is -0.710. The number of ether oxygens (including phenoxy) is 1. The molecule has 1 N–H and O–H groups in total. The highest BCUT2D eigenvalue weighted by atomic mass is 32.2. The summed E-state index contributed by atoms with van der Waals surface area (Å²) < 4.78 is 4.50. The number of carboxylic acids is 1. The minimum Gasteiger partial charge on any atom is -0.481 e. The highest BCUT2D eigenvalue weighted by molar-refractivity contribution is 7.99. The van der Waals surface area contributed by atoms with Crippen molar-refractivity contribution in [3.8, 4) is 0 Å². The van der Waals surface area contributed by atoms with Gasteiger partial charge in [0.25, 0.3) is 0 Å². The van der Waals surface area contributed by atoms with E-state index in [0.717, 1.165) is 0 Å². The van der Waals surface area contributed by atoms with Crippen LogP contribution >= 0.6 is 11.8 Å². The van der Waals surface area contributed by atoms with Crippen LogP contribution in [0.1, 0.15) is 0 Å². The molecule has 0 bridgehead atoms. The van der Waals surface area contributed by atoms with Gasteiger partial charge in [-0.1, -0.05) is 0 Å². The van der Waals surface area contributed by atoms with E-state index in [-0.39, 0.29) is 0 Å². The van der Waals surface area contributed by atoms with Gasteiger partial charge in [-0.2, -0.15) is 11.8 Å². The third-order valence-electron chi connectivity index (χ3n) is 1.90. The second kappa shape index (κ2) is 3.80. The molecule has 68 valence electrons. The molecule has 0 amide bonds. The first-order valence-electron chi connectivity index (χ1n) is 3.55. The number of hydrogen-bond acceptors (Lipinski definition) is 4. The van der Waals surface area contributed by atoms with Crippen LogP contribution in [0.25, 0.3) is 0 Å². The summed E-state index contributed by atoms with van der Waals surface area (Å²) >= 11 is 1.48. The lowest BCUT2D eigenvalue weighted by Crippen LogP contribution is -2.29. The third-order valence-corrected chi connectivity index (χ3v) is 3.09. The van der Waals surface area contributed by atoms with Crippen LogP contribution in [-0.2, 0) is 14.3 Å². The molecule has 0 aromatic heterocycles. The molecular formula is C7H10O4S. The second-order valence-electron chi connectivity index (χ2n) is 2.61. The summed E-state index contributed by atoms with van der Waals surface area (Å²) in [4.78, 5) is 21.6. The number of hydrogen-bond donors (Lipinski definition) is 1. The summed E-state index contributed by atoms with van der Waals surface area (Å²) in [7, 11) is 1.28. The topological polar surface area (TPSA) is 63.6 Å². The number of esters is 1. The van der Waals surface area contributed by atoms with Crippen molar-refractivity contribution in [1.29, 1.82) is 0 Å². The average Bonchev–Trinajstić information content (AvgIpc) is 2.50. The fourth-order valence-corrected chi connectivity index (χ4v) is 2.57. The van der Waals surface area contributed by atoms with E-state index < -0.39 is 23.8 Å². The fraction of sp³-hybridized carbons (Fsp3) is 0.714. The maximum absolute atomic E-state index is 11.0. The zero-order chi connectivity index (χ0) is 9.14. The minimum absolute atomic E-state index is 0.410. The Bertz CT molecular complexity index is 204. The zero-order valence-corrected chi connectivity index (χ0v) is 7.47. The molecule has 2 unspecified atom stereocenters. The molecule has 0 radical (unpaired) electrons. The van der Waals surface area contributed by atoms with Crippen molar-refractivity contribution in [3.05, 3.63) is 0 Å². The lowest BCUT2D eigenvalue weighted by Gasteiger charge is -2.11. The van der Waals surface area contributed by atoms with Crippen LogP contribution in [0.2, 0.25) is 0 Å². The molecule has 0 spiro atoms. The first kappa shape index (κ1) is 9.38. The number of rotatable bonds is 2. The maximum atomic E-state index is 11.0. The normalized spacial score (nSPS) is 28.4. The van der Waals surface area contributed by atoms with Crippen molar-refractivity contribution in [1.82, 2.24) is 0 Å². The molecule has 0 aliphatic carbocycles. The number of methoxy groups -OCH3 is 1. The standard InChI is InChI=1S/C7H10O4S/c1-11-7(10)5-3-12-2-4(5)6(8)9/h4-5H,2-3H2,1H3,(H,8,9). The Morgan fingerprint density at radius 3 is 2.50 bits per heavy atom. The molecule has 5 heteroatoms. The van der Waals surface area contributed by atoms with E-state index in [4.69, 9.17) is 5.11 Å². The van der Waals surface area contributed by atoms with E-state index in [0.29, 0.717) is 11.5 Å². The molecule has 0 aromatic carbocycles. The Balaban J connectivity index is 2.63. The van der Waals surface area contributed by atoms with E-state index in [1.54, 1.807) is 0 Å². The SMILES string of the molecule is COC(=O)C1CSCC1C(=O)O. The van der Waals surface area contributed by atoms with Crippen molar-refractivity contribution in [2.45, 2.75) is 0 Å². The van der Waals surface area contributed by atoms with E-state index in [9.17, 15) is 9.59 Å². The summed E-state index contributed by atoms with van der Waals surface area (Å²) in [6, 6.07) is 0. The Morgan fingerprint density at radius 2 is 2.00 bits per heavy atom. The summed E-state index contributed by atoms with van der Waals surface area (Å²) in [5, 5.41) is 8.71. The molecule has 1 aliphatic rings. The van der Waals surface area contributed by atoms with Crippen LogP contribution in [0.5, 0.6) is 0 Å². The predicted molar refractivity (Wildman–Crippen MR) is 44.0 cm³/mol. The van der Waals surface area contributed by atoms with Gasteiger partial charge < -0.3 is 9.84 Å². The molecule has 1 fully saturated rings.